The van der Waals surface area contributed by atoms with Crippen molar-refractivity contribution in [1.29, 1.82) is 0 Å². The monoisotopic (exact) mass is 351 g/mol. The van der Waals surface area contributed by atoms with Crippen molar-refractivity contribution in [3.63, 3.8) is 0 Å². The predicted molar refractivity (Wildman–Crippen MR) is 85.1 cm³/mol. The molecule has 9 heteroatoms. The van der Waals surface area contributed by atoms with Crippen LogP contribution < -0.4 is 5.32 Å². The number of amides is 2. The van der Waals surface area contributed by atoms with Crippen LogP contribution in [0.1, 0.15) is 18.4 Å². The predicted octanol–water partition coefficient (Wildman–Crippen LogP) is 0.520. The summed E-state index contributed by atoms with van der Waals surface area (Å²) >= 11 is 0. The molecule has 1 aliphatic rings. The van der Waals surface area contributed by atoms with Crippen molar-refractivity contribution >= 4 is 23.5 Å². The topological polar surface area (TPSA) is 108 Å². The van der Waals surface area contributed by atoms with Crippen molar-refractivity contribution in [2.45, 2.75) is 25.5 Å². The lowest BCUT2D eigenvalue weighted by atomic mass is 10.1. The van der Waals surface area contributed by atoms with Gasteiger partial charge in [-0.05, 0) is 17.7 Å². The first-order valence-electron chi connectivity index (χ1n) is 7.56. The van der Waals surface area contributed by atoms with E-state index in [9.17, 15) is 18.8 Å². The van der Waals surface area contributed by atoms with Crippen molar-refractivity contribution < 1.29 is 28.6 Å². The fraction of sp³-hybridized carbons (Fsp3) is 0.375. The zero-order valence-electron chi connectivity index (χ0n) is 13.6. The van der Waals surface area contributed by atoms with E-state index in [2.05, 4.69) is 10.4 Å². The highest BCUT2D eigenvalue weighted by molar-refractivity contribution is 6.39. The Hall–Kier alpha value is -2.81. The Labute approximate surface area is 143 Å². The van der Waals surface area contributed by atoms with E-state index in [1.165, 1.54) is 31.4 Å². The summed E-state index contributed by atoms with van der Waals surface area (Å²) in [6.45, 7) is -0.0959. The average Bonchev–Trinajstić information content (AvgIpc) is 2.58. The van der Waals surface area contributed by atoms with Crippen LogP contribution in [-0.2, 0) is 25.7 Å². The number of carbonyl (C=O) groups is 3. The molecule has 0 saturated heterocycles. The summed E-state index contributed by atoms with van der Waals surface area (Å²) in [5.74, 6) is -2.38. The van der Waals surface area contributed by atoms with Crippen molar-refractivity contribution in [1.82, 2.24) is 10.3 Å². The summed E-state index contributed by atoms with van der Waals surface area (Å²) in [6.07, 6.45) is -0.889. The van der Waals surface area contributed by atoms with E-state index < -0.39 is 18.0 Å². The molecule has 0 fully saturated rings. The summed E-state index contributed by atoms with van der Waals surface area (Å²) in [4.78, 5) is 34.9. The van der Waals surface area contributed by atoms with E-state index in [4.69, 9.17) is 9.84 Å². The SMILES string of the molecule is COC(CNC(=O)C1=NN(Cc2ccc(F)cc2)C(=O)CC1)C(=O)O. The molecule has 1 aromatic carbocycles. The second kappa shape index (κ2) is 8.34. The lowest BCUT2D eigenvalue weighted by Crippen LogP contribution is -2.43. The largest absolute Gasteiger partial charge is 0.479 e. The number of carboxylic acid groups (broad SMARTS) is 1. The zero-order chi connectivity index (χ0) is 18.4. The van der Waals surface area contributed by atoms with E-state index in [0.29, 0.717) is 5.56 Å². The summed E-state index contributed by atoms with van der Waals surface area (Å²) in [6, 6.07) is 5.61. The molecule has 0 saturated carbocycles. The van der Waals surface area contributed by atoms with Crippen molar-refractivity contribution in [2.24, 2.45) is 5.10 Å². The van der Waals surface area contributed by atoms with Gasteiger partial charge < -0.3 is 15.2 Å². The number of rotatable bonds is 7. The maximum absolute atomic E-state index is 12.9. The van der Waals surface area contributed by atoms with Gasteiger partial charge >= 0.3 is 5.97 Å². The fourth-order valence-corrected chi connectivity index (χ4v) is 2.21. The van der Waals surface area contributed by atoms with E-state index >= 15 is 0 Å². The molecule has 1 unspecified atom stereocenters. The Morgan fingerprint density at radius 2 is 2.04 bits per heavy atom. The molecular weight excluding hydrogens is 333 g/mol. The molecule has 1 aromatic rings. The van der Waals surface area contributed by atoms with Crippen LogP contribution in [0, 0.1) is 5.82 Å². The summed E-state index contributed by atoms with van der Waals surface area (Å²) in [7, 11) is 1.23. The van der Waals surface area contributed by atoms with Gasteiger partial charge in [-0.1, -0.05) is 12.1 Å². The second-order valence-electron chi connectivity index (χ2n) is 5.40. The number of methoxy groups -OCH3 is 1. The lowest BCUT2D eigenvalue weighted by Gasteiger charge is -2.23. The zero-order valence-corrected chi connectivity index (χ0v) is 13.6. The highest BCUT2D eigenvalue weighted by Gasteiger charge is 2.25. The van der Waals surface area contributed by atoms with Crippen LogP contribution in [0.5, 0.6) is 0 Å². The molecule has 1 aliphatic heterocycles. The first kappa shape index (κ1) is 18.5. The van der Waals surface area contributed by atoms with Crippen LogP contribution in [0.2, 0.25) is 0 Å². The van der Waals surface area contributed by atoms with Crippen LogP contribution >= 0.6 is 0 Å². The standard InChI is InChI=1S/C16H18FN3O5/c1-25-13(16(23)24)8-18-15(22)12-6-7-14(21)20(19-12)9-10-2-4-11(17)5-3-10/h2-5,13H,6-9H2,1H3,(H,18,22)(H,23,24). The van der Waals surface area contributed by atoms with Gasteiger partial charge in [0, 0.05) is 20.0 Å². The van der Waals surface area contributed by atoms with Gasteiger partial charge in [0.1, 0.15) is 11.5 Å². The third kappa shape index (κ3) is 5.08. The molecular formula is C16H18FN3O5. The summed E-state index contributed by atoms with van der Waals surface area (Å²) in [5.41, 5.74) is 0.799. The third-order valence-electron chi connectivity index (χ3n) is 3.62. The number of carboxylic acids is 1. The van der Waals surface area contributed by atoms with Crippen LogP contribution in [0.3, 0.4) is 0 Å². The minimum atomic E-state index is -1.19. The van der Waals surface area contributed by atoms with Crippen molar-refractivity contribution in [3.8, 4) is 0 Å². The van der Waals surface area contributed by atoms with Crippen molar-refractivity contribution in [3.05, 3.63) is 35.6 Å². The molecule has 0 radical (unpaired) electrons. The molecule has 0 bridgehead atoms. The third-order valence-corrected chi connectivity index (χ3v) is 3.62. The lowest BCUT2D eigenvalue weighted by molar-refractivity contribution is -0.148. The van der Waals surface area contributed by atoms with Gasteiger partial charge in [-0.2, -0.15) is 5.10 Å². The fourth-order valence-electron chi connectivity index (χ4n) is 2.21. The smallest absolute Gasteiger partial charge is 0.334 e. The first-order valence-corrected chi connectivity index (χ1v) is 7.56. The number of carbonyl (C=O) groups excluding carboxylic acids is 2. The van der Waals surface area contributed by atoms with Crippen LogP contribution in [0.25, 0.3) is 0 Å². The van der Waals surface area contributed by atoms with Gasteiger partial charge in [-0.3, -0.25) is 9.59 Å². The number of halogens is 1. The summed E-state index contributed by atoms with van der Waals surface area (Å²) < 4.78 is 17.7. The molecule has 2 N–H and O–H groups in total. The molecule has 2 amide bonds. The number of hydrogen-bond donors (Lipinski definition) is 2. The van der Waals surface area contributed by atoms with Crippen LogP contribution in [0.15, 0.2) is 29.4 Å². The number of aliphatic carboxylic acids is 1. The first-order chi connectivity index (χ1) is 11.9. The molecule has 1 atom stereocenters. The minimum Gasteiger partial charge on any atom is -0.479 e. The van der Waals surface area contributed by atoms with Gasteiger partial charge in [0.2, 0.25) is 5.91 Å². The normalized spacial score (nSPS) is 15.5. The number of benzene rings is 1. The Bertz CT molecular complexity index is 690. The van der Waals surface area contributed by atoms with Crippen LogP contribution in [0.4, 0.5) is 4.39 Å². The Morgan fingerprint density at radius 3 is 2.64 bits per heavy atom. The quantitative estimate of drug-likeness (QED) is 0.744. The number of hydrazone groups is 1. The number of nitrogens with zero attached hydrogens (tertiary/aromatic N) is 2. The molecule has 25 heavy (non-hydrogen) atoms. The Balaban J connectivity index is 2.02. The molecule has 1 heterocycles. The molecule has 0 aliphatic carbocycles. The minimum absolute atomic E-state index is 0.111. The Kier molecular flexibility index (Phi) is 6.18. The molecule has 8 nitrogen and oxygen atoms in total. The maximum atomic E-state index is 12.9. The van der Waals surface area contributed by atoms with Gasteiger partial charge in [-0.25, -0.2) is 14.2 Å². The van der Waals surface area contributed by atoms with Gasteiger partial charge in [-0.15, -0.1) is 0 Å². The van der Waals surface area contributed by atoms with Gasteiger partial charge in [0.15, 0.2) is 6.10 Å². The van der Waals surface area contributed by atoms with Gasteiger partial charge in [0.25, 0.3) is 5.91 Å². The molecule has 2 rings (SSSR count). The second-order valence-corrected chi connectivity index (χ2v) is 5.40. The highest BCUT2D eigenvalue weighted by atomic mass is 19.1. The molecule has 134 valence electrons. The van der Waals surface area contributed by atoms with Crippen molar-refractivity contribution in [2.75, 3.05) is 13.7 Å². The number of ether oxygens (including phenoxy) is 1. The average molecular weight is 351 g/mol. The molecule has 0 spiro atoms. The van der Waals surface area contributed by atoms with E-state index in [0.717, 1.165) is 5.01 Å². The molecule has 0 aromatic heterocycles. The van der Waals surface area contributed by atoms with Crippen LogP contribution in [-0.4, -0.2) is 53.4 Å². The maximum Gasteiger partial charge on any atom is 0.334 e. The van der Waals surface area contributed by atoms with E-state index in [-0.39, 0.29) is 43.4 Å². The number of hydrogen-bond acceptors (Lipinski definition) is 5. The van der Waals surface area contributed by atoms with E-state index in [1.54, 1.807) is 0 Å². The highest BCUT2D eigenvalue weighted by Crippen LogP contribution is 2.14. The summed E-state index contributed by atoms with van der Waals surface area (Å²) in [5, 5.41) is 16.5. The number of nitrogens with one attached hydrogen (secondary N) is 1. The van der Waals surface area contributed by atoms with E-state index in [1.807, 2.05) is 0 Å². The Morgan fingerprint density at radius 1 is 1.36 bits per heavy atom. The van der Waals surface area contributed by atoms with Gasteiger partial charge in [0.05, 0.1) is 13.1 Å².